The first-order chi connectivity index (χ1) is 9.81. The third-order valence-corrected chi connectivity index (χ3v) is 4.03. The summed E-state index contributed by atoms with van der Waals surface area (Å²) >= 11 is 3.51. The number of fused-ring (bicyclic) bond motifs is 3. The summed E-state index contributed by atoms with van der Waals surface area (Å²) in [5.74, 6) is 0. The van der Waals surface area contributed by atoms with Gasteiger partial charge in [0, 0.05) is 15.2 Å². The predicted molar refractivity (Wildman–Crippen MR) is 86.9 cm³/mol. The van der Waals surface area contributed by atoms with E-state index >= 15 is 0 Å². The molecule has 1 aromatic heterocycles. The molecule has 0 atom stereocenters. The molecule has 96 valence electrons. The molecule has 0 unspecified atom stereocenters. The number of furan rings is 1. The van der Waals surface area contributed by atoms with Crippen LogP contribution in [0.2, 0.25) is 0 Å². The van der Waals surface area contributed by atoms with Crippen LogP contribution < -0.4 is 0 Å². The molecule has 0 spiro atoms. The van der Waals surface area contributed by atoms with Gasteiger partial charge < -0.3 is 4.42 Å². The number of para-hydroxylation sites is 1. The minimum absolute atomic E-state index is 0.934. The minimum atomic E-state index is 0.934. The number of hydrogen-bond donors (Lipinski definition) is 0. The van der Waals surface area contributed by atoms with E-state index in [1.807, 2.05) is 30.3 Å². The fourth-order valence-electron chi connectivity index (χ4n) is 2.57. The zero-order valence-corrected chi connectivity index (χ0v) is 12.2. The van der Waals surface area contributed by atoms with Gasteiger partial charge in [-0.1, -0.05) is 52.3 Å². The van der Waals surface area contributed by atoms with Crippen LogP contribution in [0.15, 0.2) is 75.6 Å². The second-order valence-electron chi connectivity index (χ2n) is 4.82. The Hall–Kier alpha value is -2.06. The van der Waals surface area contributed by atoms with Crippen LogP contribution in [-0.2, 0) is 0 Å². The first kappa shape index (κ1) is 11.7. The zero-order chi connectivity index (χ0) is 13.5. The Morgan fingerprint density at radius 1 is 0.650 bits per heavy atom. The van der Waals surface area contributed by atoms with Crippen molar-refractivity contribution in [3.05, 3.63) is 71.2 Å². The average Bonchev–Trinajstić information content (AvgIpc) is 2.85. The smallest absolute Gasteiger partial charge is 0.136 e. The van der Waals surface area contributed by atoms with E-state index in [9.17, 15) is 0 Å². The molecule has 0 N–H and O–H groups in total. The molecule has 1 heterocycles. The molecule has 0 saturated carbocycles. The summed E-state index contributed by atoms with van der Waals surface area (Å²) in [7, 11) is 0. The molecular weight excluding hydrogens is 312 g/mol. The predicted octanol–water partition coefficient (Wildman–Crippen LogP) is 6.02. The Balaban J connectivity index is 1.97. The van der Waals surface area contributed by atoms with E-state index in [0.717, 1.165) is 21.2 Å². The van der Waals surface area contributed by atoms with E-state index in [4.69, 9.17) is 4.42 Å². The lowest BCUT2D eigenvalue weighted by Gasteiger charge is -2.02. The van der Waals surface area contributed by atoms with Gasteiger partial charge in [0.05, 0.1) is 0 Å². The van der Waals surface area contributed by atoms with Crippen LogP contribution in [0.4, 0.5) is 0 Å². The Kier molecular flexibility index (Phi) is 2.64. The topological polar surface area (TPSA) is 13.1 Å². The van der Waals surface area contributed by atoms with Crippen LogP contribution in [0.3, 0.4) is 0 Å². The molecular formula is C18H11BrO. The lowest BCUT2D eigenvalue weighted by atomic mass is 10.0. The van der Waals surface area contributed by atoms with Crippen LogP contribution in [-0.4, -0.2) is 0 Å². The SMILES string of the molecule is Brc1cccc(-c2ccc3c(c2)oc2ccccc23)c1. The summed E-state index contributed by atoms with van der Waals surface area (Å²) in [4.78, 5) is 0. The molecule has 0 aliphatic carbocycles. The molecule has 0 radical (unpaired) electrons. The van der Waals surface area contributed by atoms with Gasteiger partial charge >= 0.3 is 0 Å². The van der Waals surface area contributed by atoms with Crippen LogP contribution in [0, 0.1) is 0 Å². The maximum absolute atomic E-state index is 5.93. The van der Waals surface area contributed by atoms with Gasteiger partial charge in [0.1, 0.15) is 11.2 Å². The molecule has 4 aromatic rings. The van der Waals surface area contributed by atoms with Gasteiger partial charge in [0.2, 0.25) is 0 Å². The largest absolute Gasteiger partial charge is 0.456 e. The van der Waals surface area contributed by atoms with Crippen LogP contribution >= 0.6 is 15.9 Å². The van der Waals surface area contributed by atoms with Gasteiger partial charge in [-0.3, -0.25) is 0 Å². The number of benzene rings is 3. The van der Waals surface area contributed by atoms with E-state index in [1.165, 1.54) is 16.3 Å². The Bertz CT molecular complexity index is 921. The van der Waals surface area contributed by atoms with Crippen LogP contribution in [0.1, 0.15) is 0 Å². The van der Waals surface area contributed by atoms with Crippen molar-refractivity contribution in [2.75, 3.05) is 0 Å². The Morgan fingerprint density at radius 2 is 1.45 bits per heavy atom. The molecule has 4 rings (SSSR count). The summed E-state index contributed by atoms with van der Waals surface area (Å²) in [6.07, 6.45) is 0. The molecule has 0 aliphatic heterocycles. The average molecular weight is 323 g/mol. The molecule has 0 aliphatic rings. The van der Waals surface area contributed by atoms with Crippen LogP contribution in [0.25, 0.3) is 33.1 Å². The van der Waals surface area contributed by atoms with Gasteiger partial charge in [-0.15, -0.1) is 0 Å². The van der Waals surface area contributed by atoms with Crippen molar-refractivity contribution in [2.45, 2.75) is 0 Å². The van der Waals surface area contributed by atoms with E-state index < -0.39 is 0 Å². The number of halogens is 1. The molecule has 3 aromatic carbocycles. The first-order valence-electron chi connectivity index (χ1n) is 6.48. The van der Waals surface area contributed by atoms with Gasteiger partial charge in [-0.25, -0.2) is 0 Å². The quantitative estimate of drug-likeness (QED) is 0.418. The van der Waals surface area contributed by atoms with Crippen molar-refractivity contribution in [2.24, 2.45) is 0 Å². The summed E-state index contributed by atoms with van der Waals surface area (Å²) in [5, 5.41) is 2.34. The molecule has 1 nitrogen and oxygen atoms in total. The highest BCUT2D eigenvalue weighted by Gasteiger charge is 2.07. The van der Waals surface area contributed by atoms with Crippen molar-refractivity contribution in [1.29, 1.82) is 0 Å². The first-order valence-corrected chi connectivity index (χ1v) is 7.28. The second kappa shape index (κ2) is 4.50. The lowest BCUT2D eigenvalue weighted by Crippen LogP contribution is -1.77. The highest BCUT2D eigenvalue weighted by atomic mass is 79.9. The molecule has 0 saturated heterocycles. The van der Waals surface area contributed by atoms with Crippen molar-refractivity contribution >= 4 is 37.9 Å². The Labute approximate surface area is 125 Å². The summed E-state index contributed by atoms with van der Waals surface area (Å²) in [6.45, 7) is 0. The maximum Gasteiger partial charge on any atom is 0.136 e. The molecule has 0 fully saturated rings. The van der Waals surface area contributed by atoms with Crippen molar-refractivity contribution < 1.29 is 4.42 Å². The lowest BCUT2D eigenvalue weighted by molar-refractivity contribution is 0.669. The number of hydrogen-bond acceptors (Lipinski definition) is 1. The Morgan fingerprint density at radius 3 is 2.35 bits per heavy atom. The molecule has 2 heteroatoms. The number of rotatable bonds is 1. The monoisotopic (exact) mass is 322 g/mol. The van der Waals surface area contributed by atoms with E-state index in [1.54, 1.807) is 0 Å². The van der Waals surface area contributed by atoms with Gasteiger partial charge in [0.25, 0.3) is 0 Å². The minimum Gasteiger partial charge on any atom is -0.456 e. The second-order valence-corrected chi connectivity index (χ2v) is 5.74. The highest BCUT2D eigenvalue weighted by molar-refractivity contribution is 9.10. The fraction of sp³-hybridized carbons (Fsp3) is 0. The normalized spacial score (nSPS) is 11.2. The third kappa shape index (κ3) is 1.84. The van der Waals surface area contributed by atoms with Crippen molar-refractivity contribution in [3.63, 3.8) is 0 Å². The van der Waals surface area contributed by atoms with Gasteiger partial charge in [-0.2, -0.15) is 0 Å². The highest BCUT2D eigenvalue weighted by Crippen LogP contribution is 2.32. The standard InChI is InChI=1S/C18H11BrO/c19-14-5-3-4-12(10-14)13-8-9-16-15-6-1-2-7-17(15)20-18(16)11-13/h1-11H. The maximum atomic E-state index is 5.93. The third-order valence-electron chi connectivity index (χ3n) is 3.54. The summed E-state index contributed by atoms with van der Waals surface area (Å²) < 4.78 is 7.02. The van der Waals surface area contributed by atoms with Crippen LogP contribution in [0.5, 0.6) is 0 Å². The van der Waals surface area contributed by atoms with Crippen molar-refractivity contribution in [1.82, 2.24) is 0 Å². The van der Waals surface area contributed by atoms with E-state index in [2.05, 4.69) is 52.3 Å². The van der Waals surface area contributed by atoms with Crippen molar-refractivity contribution in [3.8, 4) is 11.1 Å². The molecule has 0 bridgehead atoms. The molecule has 20 heavy (non-hydrogen) atoms. The van der Waals surface area contributed by atoms with Gasteiger partial charge in [-0.05, 0) is 41.5 Å². The zero-order valence-electron chi connectivity index (χ0n) is 10.6. The van der Waals surface area contributed by atoms with E-state index in [0.29, 0.717) is 0 Å². The fourth-order valence-corrected chi connectivity index (χ4v) is 2.97. The van der Waals surface area contributed by atoms with Gasteiger partial charge in [0.15, 0.2) is 0 Å². The summed E-state index contributed by atoms with van der Waals surface area (Å²) in [6, 6.07) is 22.8. The summed E-state index contributed by atoms with van der Waals surface area (Å²) in [5.41, 5.74) is 4.22. The van der Waals surface area contributed by atoms with E-state index in [-0.39, 0.29) is 0 Å². The molecule has 0 amide bonds.